The summed E-state index contributed by atoms with van der Waals surface area (Å²) in [7, 11) is 1.98. The van der Waals surface area contributed by atoms with E-state index in [0.717, 1.165) is 16.5 Å². The Morgan fingerprint density at radius 2 is 2.08 bits per heavy atom. The molecule has 0 bridgehead atoms. The number of aryl methyl sites for hydroxylation is 1. The quantitative estimate of drug-likeness (QED) is 0.622. The molecule has 0 radical (unpaired) electrons. The number of hydrogen-bond acceptors (Lipinski definition) is 4. The van der Waals surface area contributed by atoms with Crippen LogP contribution in [0.25, 0.3) is 16.7 Å². The van der Waals surface area contributed by atoms with Crippen molar-refractivity contribution in [1.82, 2.24) is 24.3 Å². The Morgan fingerprint density at radius 1 is 1.20 bits per heavy atom. The summed E-state index contributed by atoms with van der Waals surface area (Å²) in [6.45, 7) is 0. The molecule has 0 atom stereocenters. The van der Waals surface area contributed by atoms with Crippen molar-refractivity contribution in [2.45, 2.75) is 6.42 Å². The van der Waals surface area contributed by atoms with Gasteiger partial charge in [-0.1, -0.05) is 18.2 Å². The van der Waals surface area contributed by atoms with Crippen molar-refractivity contribution >= 4 is 22.5 Å². The van der Waals surface area contributed by atoms with Crippen LogP contribution in [0.2, 0.25) is 0 Å². The normalized spacial score (nSPS) is 10.9. The van der Waals surface area contributed by atoms with Crippen molar-refractivity contribution in [2.24, 2.45) is 7.05 Å². The van der Waals surface area contributed by atoms with E-state index in [1.165, 1.54) is 6.33 Å². The second-order valence-corrected chi connectivity index (χ2v) is 5.75. The molecular formula is C18H16N6O. The minimum Gasteiger partial charge on any atom is -0.350 e. The smallest absolute Gasteiger partial charge is 0.228 e. The van der Waals surface area contributed by atoms with E-state index in [1.807, 2.05) is 42.1 Å². The van der Waals surface area contributed by atoms with Crippen LogP contribution < -0.4 is 5.32 Å². The molecule has 4 aromatic rings. The van der Waals surface area contributed by atoms with Crippen LogP contribution >= 0.6 is 0 Å². The van der Waals surface area contributed by atoms with E-state index in [0.29, 0.717) is 17.9 Å². The number of hydrogen-bond donors (Lipinski definition) is 1. The van der Waals surface area contributed by atoms with Gasteiger partial charge in [-0.15, -0.1) is 0 Å². The van der Waals surface area contributed by atoms with Crippen molar-refractivity contribution < 1.29 is 4.79 Å². The van der Waals surface area contributed by atoms with Gasteiger partial charge in [0.2, 0.25) is 5.91 Å². The summed E-state index contributed by atoms with van der Waals surface area (Å²) in [5.41, 5.74) is 2.76. The first-order valence-corrected chi connectivity index (χ1v) is 7.84. The number of carbonyl (C=O) groups is 1. The summed E-state index contributed by atoms with van der Waals surface area (Å²) in [4.78, 5) is 20.5. The van der Waals surface area contributed by atoms with Crippen molar-refractivity contribution in [3.05, 3.63) is 67.0 Å². The van der Waals surface area contributed by atoms with E-state index < -0.39 is 0 Å². The van der Waals surface area contributed by atoms with Gasteiger partial charge in [0.25, 0.3) is 0 Å². The van der Waals surface area contributed by atoms with Crippen molar-refractivity contribution in [3.8, 4) is 5.82 Å². The van der Waals surface area contributed by atoms with Gasteiger partial charge in [-0.2, -0.15) is 5.10 Å². The van der Waals surface area contributed by atoms with E-state index in [4.69, 9.17) is 0 Å². The van der Waals surface area contributed by atoms with Crippen molar-refractivity contribution in [3.63, 3.8) is 0 Å². The molecule has 7 heteroatoms. The molecule has 0 saturated heterocycles. The topological polar surface area (TPSA) is 77.6 Å². The number of pyridine rings is 1. The summed E-state index contributed by atoms with van der Waals surface area (Å²) >= 11 is 0. The number of nitrogens with zero attached hydrogens (tertiary/aromatic N) is 5. The Balaban J connectivity index is 1.48. The molecule has 0 aliphatic carbocycles. The first kappa shape index (κ1) is 15.1. The van der Waals surface area contributed by atoms with Gasteiger partial charge >= 0.3 is 0 Å². The van der Waals surface area contributed by atoms with Crippen LogP contribution in [0.1, 0.15) is 5.56 Å². The Morgan fingerprint density at radius 3 is 2.84 bits per heavy atom. The number of para-hydroxylation sites is 1. The van der Waals surface area contributed by atoms with E-state index in [2.05, 4.69) is 20.4 Å². The predicted octanol–water partition coefficient (Wildman–Crippen LogP) is 2.34. The third kappa shape index (κ3) is 2.99. The van der Waals surface area contributed by atoms with Crippen LogP contribution in [0.3, 0.4) is 0 Å². The highest BCUT2D eigenvalue weighted by Crippen LogP contribution is 2.21. The number of aromatic nitrogens is 5. The van der Waals surface area contributed by atoms with Gasteiger partial charge in [-0.3, -0.25) is 4.79 Å². The molecule has 124 valence electrons. The number of amides is 1. The molecular weight excluding hydrogens is 316 g/mol. The first-order chi connectivity index (χ1) is 12.2. The summed E-state index contributed by atoms with van der Waals surface area (Å²) in [6, 6.07) is 11.6. The third-order valence-electron chi connectivity index (χ3n) is 4.02. The molecule has 0 fully saturated rings. The SMILES string of the molecule is Cn1cc(CC(=O)Nc2ccc(-n3cncn3)nc2)c2ccccc21. The predicted molar refractivity (Wildman–Crippen MR) is 94.4 cm³/mol. The fourth-order valence-electron chi connectivity index (χ4n) is 2.87. The number of nitrogens with one attached hydrogen (secondary N) is 1. The highest BCUT2D eigenvalue weighted by molar-refractivity contribution is 5.95. The average Bonchev–Trinajstić information content (AvgIpc) is 3.25. The molecule has 3 heterocycles. The number of rotatable bonds is 4. The van der Waals surface area contributed by atoms with Gasteiger partial charge in [-0.05, 0) is 23.8 Å². The van der Waals surface area contributed by atoms with Gasteiger partial charge in [0.15, 0.2) is 5.82 Å². The lowest BCUT2D eigenvalue weighted by Gasteiger charge is -2.05. The van der Waals surface area contributed by atoms with Crippen LogP contribution in [0.15, 0.2) is 61.4 Å². The molecule has 25 heavy (non-hydrogen) atoms. The molecule has 4 rings (SSSR count). The zero-order valence-corrected chi connectivity index (χ0v) is 13.6. The van der Waals surface area contributed by atoms with E-state index in [-0.39, 0.29) is 5.91 Å². The number of fused-ring (bicyclic) bond motifs is 1. The van der Waals surface area contributed by atoms with Crippen molar-refractivity contribution in [2.75, 3.05) is 5.32 Å². The molecule has 1 aromatic carbocycles. The van der Waals surface area contributed by atoms with E-state index in [9.17, 15) is 4.79 Å². The fraction of sp³-hybridized carbons (Fsp3) is 0.111. The Hall–Kier alpha value is -3.48. The second-order valence-electron chi connectivity index (χ2n) is 5.75. The third-order valence-corrected chi connectivity index (χ3v) is 4.02. The zero-order chi connectivity index (χ0) is 17.2. The van der Waals surface area contributed by atoms with E-state index in [1.54, 1.807) is 29.3 Å². The summed E-state index contributed by atoms with van der Waals surface area (Å²) in [5, 5.41) is 8.00. The van der Waals surface area contributed by atoms with Crippen LogP contribution in [0.4, 0.5) is 5.69 Å². The van der Waals surface area contributed by atoms with Gasteiger partial charge < -0.3 is 9.88 Å². The monoisotopic (exact) mass is 332 g/mol. The maximum Gasteiger partial charge on any atom is 0.228 e. The zero-order valence-electron chi connectivity index (χ0n) is 13.6. The molecule has 0 spiro atoms. The molecule has 1 N–H and O–H groups in total. The lowest BCUT2D eigenvalue weighted by Crippen LogP contribution is -2.14. The average molecular weight is 332 g/mol. The number of benzene rings is 1. The van der Waals surface area contributed by atoms with Crippen LogP contribution in [-0.2, 0) is 18.3 Å². The van der Waals surface area contributed by atoms with E-state index >= 15 is 0 Å². The second kappa shape index (κ2) is 6.20. The van der Waals surface area contributed by atoms with Gasteiger partial charge in [0, 0.05) is 24.1 Å². The van der Waals surface area contributed by atoms with Gasteiger partial charge in [0.05, 0.1) is 18.3 Å². The molecule has 0 aliphatic heterocycles. The fourth-order valence-corrected chi connectivity index (χ4v) is 2.87. The highest BCUT2D eigenvalue weighted by Gasteiger charge is 2.11. The molecule has 0 aliphatic rings. The Kier molecular flexibility index (Phi) is 3.74. The standard InChI is InChI=1S/C18H16N6O/c1-23-10-13(15-4-2-3-5-16(15)23)8-18(25)22-14-6-7-17(20-9-14)24-12-19-11-21-24/h2-7,9-12H,8H2,1H3,(H,22,25). The molecule has 7 nitrogen and oxygen atoms in total. The Labute approximate surface area is 143 Å². The van der Waals surface area contributed by atoms with Crippen LogP contribution in [-0.4, -0.2) is 30.2 Å². The number of carbonyl (C=O) groups excluding carboxylic acids is 1. The van der Waals surface area contributed by atoms with Crippen LogP contribution in [0, 0.1) is 0 Å². The molecule has 0 unspecified atom stereocenters. The minimum absolute atomic E-state index is 0.0772. The Bertz CT molecular complexity index is 1020. The summed E-state index contributed by atoms with van der Waals surface area (Å²) in [6.07, 6.45) is 6.93. The maximum absolute atomic E-state index is 12.4. The number of anilines is 1. The first-order valence-electron chi connectivity index (χ1n) is 7.84. The lowest BCUT2D eigenvalue weighted by atomic mass is 10.1. The highest BCUT2D eigenvalue weighted by atomic mass is 16.1. The minimum atomic E-state index is -0.0772. The summed E-state index contributed by atoms with van der Waals surface area (Å²) < 4.78 is 3.59. The molecule has 1 amide bonds. The lowest BCUT2D eigenvalue weighted by molar-refractivity contribution is -0.115. The molecule has 3 aromatic heterocycles. The maximum atomic E-state index is 12.4. The summed E-state index contributed by atoms with van der Waals surface area (Å²) in [5.74, 6) is 0.566. The molecule has 0 saturated carbocycles. The van der Waals surface area contributed by atoms with Crippen molar-refractivity contribution in [1.29, 1.82) is 0 Å². The van der Waals surface area contributed by atoms with Crippen LogP contribution in [0.5, 0.6) is 0 Å². The largest absolute Gasteiger partial charge is 0.350 e. The van der Waals surface area contributed by atoms with Gasteiger partial charge in [0.1, 0.15) is 12.7 Å². The van der Waals surface area contributed by atoms with Gasteiger partial charge in [-0.25, -0.2) is 14.6 Å².